The maximum absolute atomic E-state index is 6.13. The van der Waals surface area contributed by atoms with Crippen LogP contribution in [0.3, 0.4) is 0 Å². The molecule has 17 heavy (non-hydrogen) atoms. The summed E-state index contributed by atoms with van der Waals surface area (Å²) >= 11 is 6.13. The van der Waals surface area contributed by atoms with Crippen LogP contribution in [0.1, 0.15) is 11.1 Å². The highest BCUT2D eigenvalue weighted by molar-refractivity contribution is 6.30. The second kappa shape index (κ2) is 5.71. The third kappa shape index (κ3) is 2.92. The van der Waals surface area contributed by atoms with Crippen LogP contribution in [0, 0.1) is 0 Å². The first-order valence-corrected chi connectivity index (χ1v) is 6.22. The molecule has 0 saturated heterocycles. The van der Waals surface area contributed by atoms with Crippen molar-refractivity contribution >= 4 is 11.6 Å². The lowest BCUT2D eigenvalue weighted by Crippen LogP contribution is -2.32. The van der Waals surface area contributed by atoms with E-state index in [1.165, 1.54) is 11.1 Å². The van der Waals surface area contributed by atoms with Crippen molar-refractivity contribution in [2.24, 2.45) is 0 Å². The second-order valence-corrected chi connectivity index (χ2v) is 4.73. The number of halogens is 1. The van der Waals surface area contributed by atoms with Crippen LogP contribution in [0.5, 0.6) is 5.75 Å². The lowest BCUT2D eigenvalue weighted by Gasteiger charge is -2.17. The SMILES string of the molecule is CNC(COC)Cc1cc(Cl)cc2c1OCC2. The molecule has 0 radical (unpaired) electrons. The third-order valence-electron chi connectivity index (χ3n) is 3.07. The van der Waals surface area contributed by atoms with Crippen molar-refractivity contribution in [1.82, 2.24) is 5.32 Å². The van der Waals surface area contributed by atoms with Gasteiger partial charge < -0.3 is 14.8 Å². The molecule has 1 aliphatic heterocycles. The normalized spacial score (nSPS) is 15.5. The van der Waals surface area contributed by atoms with Gasteiger partial charge in [0.05, 0.1) is 13.2 Å². The molecule has 0 saturated carbocycles. The van der Waals surface area contributed by atoms with Crippen LogP contribution in [-0.4, -0.2) is 33.4 Å². The van der Waals surface area contributed by atoms with E-state index in [0.717, 1.165) is 30.2 Å². The summed E-state index contributed by atoms with van der Waals surface area (Å²) in [7, 11) is 3.65. The number of rotatable bonds is 5. The molecule has 1 aromatic carbocycles. The van der Waals surface area contributed by atoms with Gasteiger partial charge >= 0.3 is 0 Å². The summed E-state index contributed by atoms with van der Waals surface area (Å²) in [5.74, 6) is 1.02. The summed E-state index contributed by atoms with van der Waals surface area (Å²) in [5.41, 5.74) is 2.39. The molecule has 0 fully saturated rings. The smallest absolute Gasteiger partial charge is 0.125 e. The Morgan fingerprint density at radius 3 is 3.06 bits per heavy atom. The van der Waals surface area contributed by atoms with E-state index in [0.29, 0.717) is 6.61 Å². The summed E-state index contributed by atoms with van der Waals surface area (Å²) in [6.07, 6.45) is 1.82. The Balaban J connectivity index is 2.20. The van der Waals surface area contributed by atoms with Crippen molar-refractivity contribution in [2.45, 2.75) is 18.9 Å². The zero-order valence-electron chi connectivity index (χ0n) is 10.3. The molecule has 1 aliphatic rings. The lowest BCUT2D eigenvalue weighted by atomic mass is 10.0. The number of likely N-dealkylation sites (N-methyl/N-ethyl adjacent to an activating group) is 1. The molecule has 0 aliphatic carbocycles. The Kier molecular flexibility index (Phi) is 4.26. The quantitative estimate of drug-likeness (QED) is 0.874. The molecular weight excluding hydrogens is 238 g/mol. The van der Waals surface area contributed by atoms with Crippen LogP contribution in [-0.2, 0) is 17.6 Å². The van der Waals surface area contributed by atoms with Crippen molar-refractivity contribution < 1.29 is 9.47 Å². The molecule has 1 N–H and O–H groups in total. The number of nitrogens with one attached hydrogen (secondary N) is 1. The summed E-state index contributed by atoms with van der Waals surface area (Å²) < 4.78 is 10.9. The Labute approximate surface area is 107 Å². The maximum Gasteiger partial charge on any atom is 0.125 e. The molecule has 1 aromatic rings. The van der Waals surface area contributed by atoms with Gasteiger partial charge in [0.15, 0.2) is 0 Å². The van der Waals surface area contributed by atoms with E-state index in [2.05, 4.69) is 5.32 Å². The molecule has 1 atom stereocenters. The number of ether oxygens (including phenoxy) is 2. The van der Waals surface area contributed by atoms with Gasteiger partial charge in [0.1, 0.15) is 5.75 Å². The standard InChI is InChI=1S/C13H18ClNO2/c1-15-12(8-16-2)7-10-6-11(14)5-9-3-4-17-13(9)10/h5-6,12,15H,3-4,7-8H2,1-2H3. The van der Waals surface area contributed by atoms with Crippen molar-refractivity contribution in [2.75, 3.05) is 27.4 Å². The van der Waals surface area contributed by atoms with Gasteiger partial charge in [0.25, 0.3) is 0 Å². The van der Waals surface area contributed by atoms with Crippen LogP contribution >= 0.6 is 11.6 Å². The Bertz CT molecular complexity index is 395. The second-order valence-electron chi connectivity index (χ2n) is 4.30. The van der Waals surface area contributed by atoms with Gasteiger partial charge in [0.2, 0.25) is 0 Å². The minimum Gasteiger partial charge on any atom is -0.493 e. The molecule has 2 rings (SSSR count). The fourth-order valence-electron chi connectivity index (χ4n) is 2.21. The third-order valence-corrected chi connectivity index (χ3v) is 3.29. The number of hydrogen-bond acceptors (Lipinski definition) is 3. The first kappa shape index (κ1) is 12.7. The van der Waals surface area contributed by atoms with Crippen molar-refractivity contribution in [1.29, 1.82) is 0 Å². The maximum atomic E-state index is 6.13. The van der Waals surface area contributed by atoms with E-state index in [-0.39, 0.29) is 6.04 Å². The summed E-state index contributed by atoms with van der Waals surface area (Å²) in [4.78, 5) is 0. The molecule has 3 nitrogen and oxygen atoms in total. The first-order chi connectivity index (χ1) is 8.24. The van der Waals surface area contributed by atoms with Crippen LogP contribution in [0.4, 0.5) is 0 Å². The van der Waals surface area contributed by atoms with Crippen LogP contribution in [0.25, 0.3) is 0 Å². The van der Waals surface area contributed by atoms with Gasteiger partial charge in [-0.15, -0.1) is 0 Å². The highest BCUT2D eigenvalue weighted by Gasteiger charge is 2.19. The van der Waals surface area contributed by atoms with Gasteiger partial charge in [-0.25, -0.2) is 0 Å². The zero-order chi connectivity index (χ0) is 12.3. The molecule has 0 amide bonds. The molecule has 0 bridgehead atoms. The van der Waals surface area contributed by atoms with Gasteiger partial charge in [0, 0.05) is 24.6 Å². The van der Waals surface area contributed by atoms with Gasteiger partial charge in [-0.05, 0) is 36.7 Å². The number of fused-ring (bicyclic) bond motifs is 1. The summed E-state index contributed by atoms with van der Waals surface area (Å²) in [6.45, 7) is 1.44. The monoisotopic (exact) mass is 255 g/mol. The summed E-state index contributed by atoms with van der Waals surface area (Å²) in [5, 5.41) is 4.03. The van der Waals surface area contributed by atoms with Gasteiger partial charge in [-0.3, -0.25) is 0 Å². The van der Waals surface area contributed by atoms with E-state index >= 15 is 0 Å². The average molecular weight is 256 g/mol. The summed E-state index contributed by atoms with van der Waals surface area (Å²) in [6, 6.07) is 4.27. The fourth-order valence-corrected chi connectivity index (χ4v) is 2.47. The number of benzene rings is 1. The van der Waals surface area contributed by atoms with Crippen LogP contribution < -0.4 is 10.1 Å². The number of hydrogen-bond donors (Lipinski definition) is 1. The zero-order valence-corrected chi connectivity index (χ0v) is 11.0. The van der Waals surface area contributed by atoms with Gasteiger partial charge in [-0.2, -0.15) is 0 Å². The minimum absolute atomic E-state index is 0.284. The van der Waals surface area contributed by atoms with Crippen molar-refractivity contribution in [3.63, 3.8) is 0 Å². The van der Waals surface area contributed by atoms with Crippen LogP contribution in [0.2, 0.25) is 5.02 Å². The van der Waals surface area contributed by atoms with E-state index < -0.39 is 0 Å². The lowest BCUT2D eigenvalue weighted by molar-refractivity contribution is 0.169. The Morgan fingerprint density at radius 1 is 1.53 bits per heavy atom. The van der Waals surface area contributed by atoms with E-state index in [4.69, 9.17) is 21.1 Å². The first-order valence-electron chi connectivity index (χ1n) is 5.85. The van der Waals surface area contributed by atoms with E-state index in [1.807, 2.05) is 19.2 Å². The van der Waals surface area contributed by atoms with Crippen molar-refractivity contribution in [3.05, 3.63) is 28.3 Å². The minimum atomic E-state index is 0.284. The molecular formula is C13H18ClNO2. The van der Waals surface area contributed by atoms with Gasteiger partial charge in [-0.1, -0.05) is 11.6 Å². The predicted octanol–water partition coefficient (Wildman–Crippen LogP) is 2.05. The fraction of sp³-hybridized carbons (Fsp3) is 0.538. The van der Waals surface area contributed by atoms with Crippen molar-refractivity contribution in [3.8, 4) is 5.75 Å². The average Bonchev–Trinajstić information content (AvgIpc) is 2.76. The number of methoxy groups -OCH3 is 1. The highest BCUT2D eigenvalue weighted by atomic mass is 35.5. The molecule has 4 heteroatoms. The van der Waals surface area contributed by atoms with E-state index in [1.54, 1.807) is 7.11 Å². The Morgan fingerprint density at radius 2 is 2.35 bits per heavy atom. The molecule has 94 valence electrons. The van der Waals surface area contributed by atoms with Crippen LogP contribution in [0.15, 0.2) is 12.1 Å². The molecule has 0 spiro atoms. The topological polar surface area (TPSA) is 30.5 Å². The molecule has 1 heterocycles. The highest BCUT2D eigenvalue weighted by Crippen LogP contribution is 2.33. The molecule has 1 unspecified atom stereocenters. The Hall–Kier alpha value is -0.770. The predicted molar refractivity (Wildman–Crippen MR) is 69.1 cm³/mol. The molecule has 0 aromatic heterocycles. The largest absolute Gasteiger partial charge is 0.493 e. The van der Waals surface area contributed by atoms with E-state index in [9.17, 15) is 0 Å².